The SMILES string of the molecule is CC1CCCC(N)(c2cc(F)cc(F)c2)C1C. The number of benzene rings is 1. The maximum absolute atomic E-state index is 13.3. The molecule has 0 bridgehead atoms. The molecule has 1 aromatic rings. The van der Waals surface area contributed by atoms with Crippen LogP contribution in [0.1, 0.15) is 38.7 Å². The molecular weight excluding hydrogens is 220 g/mol. The first kappa shape index (κ1) is 12.5. The highest BCUT2D eigenvalue weighted by atomic mass is 19.1. The Labute approximate surface area is 101 Å². The van der Waals surface area contributed by atoms with Crippen LogP contribution in [0.5, 0.6) is 0 Å². The molecule has 0 radical (unpaired) electrons. The first-order valence-electron chi connectivity index (χ1n) is 6.19. The molecule has 1 aromatic carbocycles. The summed E-state index contributed by atoms with van der Waals surface area (Å²) < 4.78 is 26.6. The molecule has 1 saturated carbocycles. The molecule has 3 atom stereocenters. The second kappa shape index (κ2) is 4.37. The maximum atomic E-state index is 13.3. The normalized spacial score (nSPS) is 33.7. The van der Waals surface area contributed by atoms with E-state index in [0.29, 0.717) is 11.5 Å². The standard InChI is InChI=1S/C14H19F2N/c1-9-4-3-5-14(17,10(9)2)11-6-12(15)8-13(16)7-11/h6-10H,3-5,17H2,1-2H3. The fourth-order valence-electron chi connectivity index (χ4n) is 2.93. The van der Waals surface area contributed by atoms with Gasteiger partial charge < -0.3 is 5.73 Å². The van der Waals surface area contributed by atoms with Crippen LogP contribution in [0.25, 0.3) is 0 Å². The first-order chi connectivity index (χ1) is 7.93. The molecule has 0 heterocycles. The van der Waals surface area contributed by atoms with Crippen molar-refractivity contribution >= 4 is 0 Å². The van der Waals surface area contributed by atoms with Crippen molar-refractivity contribution in [3.63, 3.8) is 0 Å². The van der Waals surface area contributed by atoms with E-state index in [1.807, 2.05) is 0 Å². The smallest absolute Gasteiger partial charge is 0.126 e. The molecule has 94 valence electrons. The van der Waals surface area contributed by atoms with E-state index in [9.17, 15) is 8.78 Å². The minimum Gasteiger partial charge on any atom is -0.321 e. The van der Waals surface area contributed by atoms with Crippen LogP contribution in [0.2, 0.25) is 0 Å². The molecule has 3 heteroatoms. The molecule has 0 saturated heterocycles. The average molecular weight is 239 g/mol. The highest BCUT2D eigenvalue weighted by Gasteiger charge is 2.39. The third-order valence-corrected chi connectivity index (χ3v) is 4.32. The molecule has 0 aliphatic heterocycles. The Kier molecular flexibility index (Phi) is 3.21. The van der Waals surface area contributed by atoms with Gasteiger partial charge in [0.1, 0.15) is 11.6 Å². The molecule has 0 amide bonds. The van der Waals surface area contributed by atoms with Crippen molar-refractivity contribution in [2.45, 2.75) is 38.6 Å². The Morgan fingerprint density at radius 1 is 1.18 bits per heavy atom. The lowest BCUT2D eigenvalue weighted by molar-refractivity contribution is 0.143. The first-order valence-corrected chi connectivity index (χ1v) is 6.19. The number of hydrogen-bond acceptors (Lipinski definition) is 1. The molecule has 2 rings (SSSR count). The Morgan fingerprint density at radius 3 is 2.35 bits per heavy atom. The van der Waals surface area contributed by atoms with Gasteiger partial charge >= 0.3 is 0 Å². The van der Waals surface area contributed by atoms with E-state index in [1.165, 1.54) is 12.1 Å². The Balaban J connectivity index is 2.42. The van der Waals surface area contributed by atoms with Gasteiger partial charge in [-0.15, -0.1) is 0 Å². The minimum atomic E-state index is -0.597. The van der Waals surface area contributed by atoms with Gasteiger partial charge in [0.2, 0.25) is 0 Å². The van der Waals surface area contributed by atoms with E-state index in [0.717, 1.165) is 25.3 Å². The van der Waals surface area contributed by atoms with E-state index in [4.69, 9.17) is 5.73 Å². The molecule has 1 nitrogen and oxygen atoms in total. The van der Waals surface area contributed by atoms with E-state index in [2.05, 4.69) is 13.8 Å². The fourth-order valence-corrected chi connectivity index (χ4v) is 2.93. The third kappa shape index (κ3) is 2.21. The van der Waals surface area contributed by atoms with E-state index >= 15 is 0 Å². The van der Waals surface area contributed by atoms with Crippen LogP contribution < -0.4 is 5.73 Å². The van der Waals surface area contributed by atoms with Crippen LogP contribution in [0.15, 0.2) is 18.2 Å². The molecule has 3 unspecified atom stereocenters. The van der Waals surface area contributed by atoms with Gasteiger partial charge in [-0.3, -0.25) is 0 Å². The van der Waals surface area contributed by atoms with Crippen LogP contribution >= 0.6 is 0 Å². The van der Waals surface area contributed by atoms with Gasteiger partial charge in [-0.25, -0.2) is 8.78 Å². The summed E-state index contributed by atoms with van der Waals surface area (Å²) >= 11 is 0. The van der Waals surface area contributed by atoms with Crippen molar-refractivity contribution < 1.29 is 8.78 Å². The third-order valence-electron chi connectivity index (χ3n) is 4.32. The topological polar surface area (TPSA) is 26.0 Å². The highest BCUT2D eigenvalue weighted by Crippen LogP contribution is 2.42. The number of hydrogen-bond donors (Lipinski definition) is 1. The van der Waals surface area contributed by atoms with Crippen LogP contribution in [0, 0.1) is 23.5 Å². The van der Waals surface area contributed by atoms with Gasteiger partial charge in [-0.2, -0.15) is 0 Å². The van der Waals surface area contributed by atoms with Gasteiger partial charge in [0, 0.05) is 11.6 Å². The van der Waals surface area contributed by atoms with Gasteiger partial charge in [-0.1, -0.05) is 26.7 Å². The quantitative estimate of drug-likeness (QED) is 0.796. The molecule has 2 N–H and O–H groups in total. The van der Waals surface area contributed by atoms with Crippen molar-refractivity contribution in [3.8, 4) is 0 Å². The predicted molar refractivity (Wildman–Crippen MR) is 64.4 cm³/mol. The predicted octanol–water partition coefficient (Wildman–Crippen LogP) is 3.57. The number of rotatable bonds is 1. The van der Waals surface area contributed by atoms with Crippen LogP contribution in [0.3, 0.4) is 0 Å². The highest BCUT2D eigenvalue weighted by molar-refractivity contribution is 5.27. The van der Waals surface area contributed by atoms with Gasteiger partial charge in [-0.05, 0) is 36.0 Å². The molecule has 1 fully saturated rings. The monoisotopic (exact) mass is 239 g/mol. The minimum absolute atomic E-state index is 0.234. The lowest BCUT2D eigenvalue weighted by Crippen LogP contribution is -2.48. The summed E-state index contributed by atoms with van der Waals surface area (Å²) in [6.07, 6.45) is 2.94. The molecule has 1 aliphatic carbocycles. The Hall–Kier alpha value is -0.960. The van der Waals surface area contributed by atoms with Crippen molar-refractivity contribution in [1.29, 1.82) is 0 Å². The maximum Gasteiger partial charge on any atom is 0.126 e. The summed E-state index contributed by atoms with van der Waals surface area (Å²) in [5.74, 6) is -0.372. The van der Waals surface area contributed by atoms with E-state index in [1.54, 1.807) is 0 Å². The van der Waals surface area contributed by atoms with Gasteiger partial charge in [0.15, 0.2) is 0 Å². The summed E-state index contributed by atoms with van der Waals surface area (Å²) in [7, 11) is 0. The zero-order valence-corrected chi connectivity index (χ0v) is 10.3. The van der Waals surface area contributed by atoms with Crippen molar-refractivity contribution in [1.82, 2.24) is 0 Å². The van der Waals surface area contributed by atoms with Crippen molar-refractivity contribution in [2.75, 3.05) is 0 Å². The zero-order chi connectivity index (χ0) is 12.6. The Bertz CT molecular complexity index is 398. The van der Waals surface area contributed by atoms with E-state index < -0.39 is 17.2 Å². The second-order valence-electron chi connectivity index (χ2n) is 5.36. The summed E-state index contributed by atoms with van der Waals surface area (Å²) in [6, 6.07) is 3.64. The summed E-state index contributed by atoms with van der Waals surface area (Å²) in [5, 5.41) is 0. The van der Waals surface area contributed by atoms with Crippen LogP contribution in [-0.2, 0) is 5.54 Å². The molecule has 0 aromatic heterocycles. The van der Waals surface area contributed by atoms with Crippen molar-refractivity contribution in [3.05, 3.63) is 35.4 Å². The number of halogens is 2. The second-order valence-corrected chi connectivity index (χ2v) is 5.36. The van der Waals surface area contributed by atoms with Gasteiger partial charge in [0.25, 0.3) is 0 Å². The average Bonchev–Trinajstić information content (AvgIpc) is 2.24. The molecule has 0 spiro atoms. The zero-order valence-electron chi connectivity index (χ0n) is 10.3. The summed E-state index contributed by atoms with van der Waals surface area (Å²) in [5.41, 5.74) is 6.41. The van der Waals surface area contributed by atoms with Crippen LogP contribution in [-0.4, -0.2) is 0 Å². The van der Waals surface area contributed by atoms with E-state index in [-0.39, 0.29) is 5.92 Å². The molecular formula is C14H19F2N. The summed E-state index contributed by atoms with van der Waals surface area (Å²) in [6.45, 7) is 4.23. The number of nitrogens with two attached hydrogens (primary N) is 1. The lowest BCUT2D eigenvalue weighted by atomic mass is 9.66. The van der Waals surface area contributed by atoms with Gasteiger partial charge in [0.05, 0.1) is 0 Å². The van der Waals surface area contributed by atoms with Crippen LogP contribution in [0.4, 0.5) is 8.78 Å². The van der Waals surface area contributed by atoms with Crippen molar-refractivity contribution in [2.24, 2.45) is 17.6 Å². The Morgan fingerprint density at radius 2 is 1.76 bits per heavy atom. The fraction of sp³-hybridized carbons (Fsp3) is 0.571. The largest absolute Gasteiger partial charge is 0.321 e. The molecule has 1 aliphatic rings. The lowest BCUT2D eigenvalue weighted by Gasteiger charge is -2.43. The summed E-state index contributed by atoms with van der Waals surface area (Å²) in [4.78, 5) is 0. The molecule has 17 heavy (non-hydrogen) atoms.